The minimum absolute atomic E-state index is 0.236. The number of ether oxygens (including phenoxy) is 1. The number of hydrogen-bond acceptors (Lipinski definition) is 4. The van der Waals surface area contributed by atoms with Gasteiger partial charge in [-0.2, -0.15) is 0 Å². The van der Waals surface area contributed by atoms with E-state index in [1.54, 1.807) is 6.92 Å². The van der Waals surface area contributed by atoms with Gasteiger partial charge in [-0.1, -0.05) is 13.3 Å². The molecule has 0 radical (unpaired) electrons. The number of hydrogen-bond donors (Lipinski definition) is 1. The molecule has 1 heterocycles. The summed E-state index contributed by atoms with van der Waals surface area (Å²) in [6, 6.07) is 0. The smallest absolute Gasteiger partial charge is 0.329 e. The maximum Gasteiger partial charge on any atom is 0.329 e. The molecule has 1 fully saturated rings. The third kappa shape index (κ3) is 2.06. The summed E-state index contributed by atoms with van der Waals surface area (Å²) in [5, 5.41) is 9.16. The Balaban J connectivity index is 3.04. The Kier molecular flexibility index (Phi) is 3.64. The SMILES string of the molecule is CCCC(C)(C(=O)O)N1C(=O)COCC1=O. The Morgan fingerprint density at radius 3 is 2.31 bits per heavy atom. The molecule has 1 atom stereocenters. The van der Waals surface area contributed by atoms with Crippen molar-refractivity contribution in [1.29, 1.82) is 0 Å². The van der Waals surface area contributed by atoms with Gasteiger partial charge in [0.15, 0.2) is 0 Å². The van der Waals surface area contributed by atoms with Crippen molar-refractivity contribution in [3.05, 3.63) is 0 Å². The van der Waals surface area contributed by atoms with E-state index in [4.69, 9.17) is 9.84 Å². The fourth-order valence-corrected chi connectivity index (χ4v) is 1.85. The van der Waals surface area contributed by atoms with Crippen LogP contribution in [0.1, 0.15) is 26.7 Å². The van der Waals surface area contributed by atoms with Gasteiger partial charge in [0.25, 0.3) is 11.8 Å². The van der Waals surface area contributed by atoms with Gasteiger partial charge in [-0.05, 0) is 13.3 Å². The lowest BCUT2D eigenvalue weighted by Crippen LogP contribution is -2.61. The highest BCUT2D eigenvalue weighted by atomic mass is 16.5. The van der Waals surface area contributed by atoms with E-state index in [2.05, 4.69) is 0 Å². The first-order chi connectivity index (χ1) is 7.43. The third-order valence-electron chi connectivity index (χ3n) is 2.64. The third-order valence-corrected chi connectivity index (χ3v) is 2.64. The van der Waals surface area contributed by atoms with E-state index < -0.39 is 23.3 Å². The molecule has 0 spiro atoms. The summed E-state index contributed by atoms with van der Waals surface area (Å²) in [5.41, 5.74) is -1.47. The average molecular weight is 229 g/mol. The standard InChI is InChI=1S/C10H15NO5/c1-3-4-10(2,9(14)15)11-7(12)5-16-6-8(11)13/h3-6H2,1-2H3,(H,14,15). The molecule has 1 rings (SSSR count). The lowest BCUT2D eigenvalue weighted by atomic mass is 9.93. The summed E-state index contributed by atoms with van der Waals surface area (Å²) < 4.78 is 4.74. The van der Waals surface area contributed by atoms with Crippen molar-refractivity contribution >= 4 is 17.8 Å². The van der Waals surface area contributed by atoms with Crippen LogP contribution < -0.4 is 0 Å². The van der Waals surface area contributed by atoms with Gasteiger partial charge >= 0.3 is 5.97 Å². The molecule has 16 heavy (non-hydrogen) atoms. The number of carbonyl (C=O) groups excluding carboxylic acids is 2. The number of imide groups is 1. The summed E-state index contributed by atoms with van der Waals surface area (Å²) in [7, 11) is 0. The van der Waals surface area contributed by atoms with Crippen molar-refractivity contribution in [2.24, 2.45) is 0 Å². The molecular formula is C10H15NO5. The number of carboxylic acids is 1. The minimum atomic E-state index is -1.47. The molecule has 6 nitrogen and oxygen atoms in total. The zero-order valence-corrected chi connectivity index (χ0v) is 9.36. The van der Waals surface area contributed by atoms with E-state index in [-0.39, 0.29) is 19.6 Å². The first-order valence-corrected chi connectivity index (χ1v) is 5.10. The van der Waals surface area contributed by atoms with Crippen LogP contribution in [0.4, 0.5) is 0 Å². The van der Waals surface area contributed by atoms with E-state index >= 15 is 0 Å². The minimum Gasteiger partial charge on any atom is -0.479 e. The van der Waals surface area contributed by atoms with E-state index in [1.807, 2.05) is 0 Å². The Bertz CT molecular complexity index is 311. The Labute approximate surface area is 93.2 Å². The van der Waals surface area contributed by atoms with Crippen LogP contribution in [0.3, 0.4) is 0 Å². The highest BCUT2D eigenvalue weighted by molar-refractivity contribution is 6.03. The van der Waals surface area contributed by atoms with Gasteiger partial charge in [-0.15, -0.1) is 0 Å². The predicted molar refractivity (Wildman–Crippen MR) is 53.6 cm³/mol. The summed E-state index contributed by atoms with van der Waals surface area (Å²) in [6.07, 6.45) is 0.806. The number of nitrogens with zero attached hydrogens (tertiary/aromatic N) is 1. The molecule has 2 amide bonds. The molecule has 1 aliphatic heterocycles. The van der Waals surface area contributed by atoms with Crippen molar-refractivity contribution in [3.8, 4) is 0 Å². The summed E-state index contributed by atoms with van der Waals surface area (Å²) in [4.78, 5) is 35.1. The molecule has 1 unspecified atom stereocenters. The Hall–Kier alpha value is -1.43. The Morgan fingerprint density at radius 2 is 1.94 bits per heavy atom. The average Bonchev–Trinajstić information content (AvgIpc) is 2.17. The first-order valence-electron chi connectivity index (χ1n) is 5.10. The lowest BCUT2D eigenvalue weighted by molar-refractivity contribution is -0.175. The van der Waals surface area contributed by atoms with E-state index in [9.17, 15) is 14.4 Å². The zero-order chi connectivity index (χ0) is 12.3. The molecule has 1 aliphatic rings. The van der Waals surface area contributed by atoms with Crippen LogP contribution in [0.25, 0.3) is 0 Å². The van der Waals surface area contributed by atoms with Crippen LogP contribution in [-0.2, 0) is 19.1 Å². The largest absolute Gasteiger partial charge is 0.479 e. The second-order valence-electron chi connectivity index (χ2n) is 3.94. The second-order valence-corrected chi connectivity index (χ2v) is 3.94. The quantitative estimate of drug-likeness (QED) is 0.687. The van der Waals surface area contributed by atoms with Crippen LogP contribution in [0, 0.1) is 0 Å². The van der Waals surface area contributed by atoms with Crippen molar-refractivity contribution in [2.45, 2.75) is 32.2 Å². The van der Waals surface area contributed by atoms with E-state index in [0.29, 0.717) is 6.42 Å². The highest BCUT2D eigenvalue weighted by Gasteiger charge is 2.46. The molecule has 6 heteroatoms. The highest BCUT2D eigenvalue weighted by Crippen LogP contribution is 2.24. The zero-order valence-electron chi connectivity index (χ0n) is 9.36. The normalized spacial score (nSPS) is 20.8. The van der Waals surface area contributed by atoms with E-state index in [0.717, 1.165) is 4.90 Å². The Morgan fingerprint density at radius 1 is 1.44 bits per heavy atom. The fraction of sp³-hybridized carbons (Fsp3) is 0.700. The summed E-state index contributed by atoms with van der Waals surface area (Å²) >= 11 is 0. The van der Waals surface area contributed by atoms with Gasteiger partial charge in [0.1, 0.15) is 18.8 Å². The van der Waals surface area contributed by atoms with Crippen LogP contribution in [0.15, 0.2) is 0 Å². The fourth-order valence-electron chi connectivity index (χ4n) is 1.85. The van der Waals surface area contributed by atoms with Gasteiger partial charge in [-0.25, -0.2) is 4.79 Å². The second kappa shape index (κ2) is 4.61. The summed E-state index contributed by atoms with van der Waals surface area (Å²) in [5.74, 6) is -2.35. The predicted octanol–water partition coefficient (Wildman–Crippen LogP) is 0.0152. The molecule has 0 aromatic heterocycles. The van der Waals surface area contributed by atoms with Gasteiger partial charge in [-0.3, -0.25) is 14.5 Å². The number of morpholine rings is 1. The summed E-state index contributed by atoms with van der Waals surface area (Å²) in [6.45, 7) is 2.72. The molecule has 0 aromatic rings. The maximum atomic E-state index is 11.5. The van der Waals surface area contributed by atoms with Crippen LogP contribution in [0.5, 0.6) is 0 Å². The molecular weight excluding hydrogens is 214 g/mol. The molecule has 1 N–H and O–H groups in total. The lowest BCUT2D eigenvalue weighted by Gasteiger charge is -2.38. The van der Waals surface area contributed by atoms with E-state index in [1.165, 1.54) is 6.92 Å². The van der Waals surface area contributed by atoms with Crippen molar-refractivity contribution in [1.82, 2.24) is 4.90 Å². The molecule has 1 saturated heterocycles. The van der Waals surface area contributed by atoms with Crippen molar-refractivity contribution in [3.63, 3.8) is 0 Å². The number of amides is 2. The topological polar surface area (TPSA) is 83.9 Å². The van der Waals surface area contributed by atoms with Gasteiger partial charge in [0.2, 0.25) is 0 Å². The monoisotopic (exact) mass is 229 g/mol. The molecule has 0 bridgehead atoms. The van der Waals surface area contributed by atoms with Crippen LogP contribution in [-0.4, -0.2) is 46.5 Å². The van der Waals surface area contributed by atoms with Gasteiger partial charge < -0.3 is 9.84 Å². The molecule has 0 aromatic carbocycles. The van der Waals surface area contributed by atoms with Crippen molar-refractivity contribution < 1.29 is 24.2 Å². The first kappa shape index (κ1) is 12.6. The van der Waals surface area contributed by atoms with Gasteiger partial charge in [0.05, 0.1) is 0 Å². The maximum absolute atomic E-state index is 11.5. The number of carbonyl (C=O) groups is 3. The van der Waals surface area contributed by atoms with Gasteiger partial charge in [0, 0.05) is 0 Å². The molecule has 0 aliphatic carbocycles. The van der Waals surface area contributed by atoms with Crippen LogP contribution >= 0.6 is 0 Å². The number of rotatable bonds is 4. The number of aliphatic carboxylic acids is 1. The van der Waals surface area contributed by atoms with Crippen LogP contribution in [0.2, 0.25) is 0 Å². The van der Waals surface area contributed by atoms with Crippen molar-refractivity contribution in [2.75, 3.05) is 13.2 Å². The molecule has 0 saturated carbocycles. The number of carboxylic acid groups (broad SMARTS) is 1. The molecule has 90 valence electrons.